The topological polar surface area (TPSA) is 85.3 Å². The molecule has 7 nitrogen and oxygen atoms in total. The molecule has 0 radical (unpaired) electrons. The van der Waals surface area contributed by atoms with Gasteiger partial charge in [-0.25, -0.2) is 0 Å². The third kappa shape index (κ3) is 1.83. The molecular formula is C9H10N4O3. The van der Waals surface area contributed by atoms with Gasteiger partial charge in [0.25, 0.3) is 0 Å². The van der Waals surface area contributed by atoms with Gasteiger partial charge >= 0.3 is 6.01 Å². The van der Waals surface area contributed by atoms with Gasteiger partial charge in [0.15, 0.2) is 5.78 Å². The summed E-state index contributed by atoms with van der Waals surface area (Å²) >= 11 is 0. The van der Waals surface area contributed by atoms with E-state index < -0.39 is 0 Å². The van der Waals surface area contributed by atoms with Crippen LogP contribution in [0.2, 0.25) is 0 Å². The average molecular weight is 222 g/mol. The van der Waals surface area contributed by atoms with Crippen LogP contribution in [0.5, 0.6) is 6.01 Å². The molecule has 1 saturated heterocycles. The summed E-state index contributed by atoms with van der Waals surface area (Å²) in [5, 5.41) is 0. The molecule has 0 bridgehead atoms. The fraction of sp³-hybridized carbons (Fsp3) is 0.444. The average Bonchev–Trinajstić information content (AvgIpc) is 2.57. The van der Waals surface area contributed by atoms with Gasteiger partial charge in [-0.15, -0.1) is 0 Å². The number of methoxy groups -OCH3 is 1. The van der Waals surface area contributed by atoms with Gasteiger partial charge in [-0.1, -0.05) is 0 Å². The van der Waals surface area contributed by atoms with Crippen molar-refractivity contribution in [1.82, 2.24) is 15.0 Å². The van der Waals surface area contributed by atoms with Gasteiger partial charge in [0.1, 0.15) is 5.82 Å². The maximum Gasteiger partial charge on any atom is 0.321 e. The second-order valence-electron chi connectivity index (χ2n) is 3.36. The summed E-state index contributed by atoms with van der Waals surface area (Å²) in [6, 6.07) is 0.134. The standard InChI is InChI=1S/C9H10N4O3/c1-5-10-8(12-9(11-5)16-2)13-4-6(14)3-7(13)15/h3-4H2,1-2H3. The largest absolute Gasteiger partial charge is 0.467 e. The Morgan fingerprint density at radius 1 is 1.25 bits per heavy atom. The normalized spacial score (nSPS) is 15.8. The van der Waals surface area contributed by atoms with Crippen LogP contribution in [0.3, 0.4) is 0 Å². The van der Waals surface area contributed by atoms with Gasteiger partial charge in [-0.3, -0.25) is 14.5 Å². The predicted molar refractivity (Wildman–Crippen MR) is 53.1 cm³/mol. The molecule has 0 N–H and O–H groups in total. The zero-order valence-corrected chi connectivity index (χ0v) is 8.93. The summed E-state index contributed by atoms with van der Waals surface area (Å²) in [5.74, 6) is 0.175. The Hall–Kier alpha value is -2.05. The van der Waals surface area contributed by atoms with Crippen LogP contribution in [0.1, 0.15) is 12.2 Å². The molecule has 0 saturated carbocycles. The molecule has 84 valence electrons. The van der Waals surface area contributed by atoms with Crippen molar-refractivity contribution in [3.8, 4) is 6.01 Å². The molecule has 2 rings (SSSR count). The SMILES string of the molecule is COc1nc(C)nc(N2CC(=O)CC2=O)n1. The van der Waals surface area contributed by atoms with E-state index >= 15 is 0 Å². The molecule has 0 spiro atoms. The summed E-state index contributed by atoms with van der Waals surface area (Å²) in [5.41, 5.74) is 0. The smallest absolute Gasteiger partial charge is 0.321 e. The zero-order valence-electron chi connectivity index (χ0n) is 8.93. The minimum absolute atomic E-state index is 0.0193. The summed E-state index contributed by atoms with van der Waals surface area (Å²) < 4.78 is 4.87. The number of carbonyl (C=O) groups excluding carboxylic acids is 2. The fourth-order valence-corrected chi connectivity index (χ4v) is 1.42. The molecule has 2 heterocycles. The first-order valence-electron chi connectivity index (χ1n) is 4.69. The maximum atomic E-state index is 11.5. The lowest BCUT2D eigenvalue weighted by atomic mass is 10.3. The highest BCUT2D eigenvalue weighted by Gasteiger charge is 2.31. The number of aromatic nitrogens is 3. The van der Waals surface area contributed by atoms with E-state index in [1.165, 1.54) is 12.0 Å². The molecule has 0 aromatic carbocycles. The third-order valence-corrected chi connectivity index (χ3v) is 2.12. The van der Waals surface area contributed by atoms with Crippen LogP contribution in [0.4, 0.5) is 5.95 Å². The van der Waals surface area contributed by atoms with Crippen molar-refractivity contribution >= 4 is 17.6 Å². The molecule has 0 unspecified atom stereocenters. The monoisotopic (exact) mass is 222 g/mol. The number of carbonyl (C=O) groups is 2. The van der Waals surface area contributed by atoms with Crippen molar-refractivity contribution in [2.24, 2.45) is 0 Å². The Morgan fingerprint density at radius 3 is 2.56 bits per heavy atom. The number of Topliss-reactive ketones (excluding diaryl/α,β-unsaturated/α-hetero) is 1. The first-order valence-corrected chi connectivity index (χ1v) is 4.69. The third-order valence-electron chi connectivity index (χ3n) is 2.12. The molecule has 0 aliphatic carbocycles. The van der Waals surface area contributed by atoms with Crippen molar-refractivity contribution in [3.05, 3.63) is 5.82 Å². The molecule has 1 aliphatic rings. The highest BCUT2D eigenvalue weighted by molar-refractivity contribution is 6.14. The van der Waals surface area contributed by atoms with Gasteiger partial charge in [0, 0.05) is 0 Å². The van der Waals surface area contributed by atoms with E-state index in [2.05, 4.69) is 15.0 Å². The lowest BCUT2D eigenvalue weighted by Gasteiger charge is -2.12. The van der Waals surface area contributed by atoms with Crippen molar-refractivity contribution in [1.29, 1.82) is 0 Å². The van der Waals surface area contributed by atoms with Gasteiger partial charge in [-0.2, -0.15) is 15.0 Å². The lowest BCUT2D eigenvalue weighted by molar-refractivity contribution is -0.121. The minimum atomic E-state index is -0.294. The first kappa shape index (κ1) is 10.5. The fourth-order valence-electron chi connectivity index (χ4n) is 1.42. The van der Waals surface area contributed by atoms with Crippen molar-refractivity contribution in [2.75, 3.05) is 18.6 Å². The van der Waals surface area contributed by atoms with E-state index in [1.807, 2.05) is 0 Å². The number of amides is 1. The molecular weight excluding hydrogens is 212 g/mol. The summed E-state index contributed by atoms with van der Waals surface area (Å²) in [7, 11) is 1.43. The highest BCUT2D eigenvalue weighted by atomic mass is 16.5. The Kier molecular flexibility index (Phi) is 2.51. The van der Waals surface area contributed by atoms with Crippen LogP contribution in [0.25, 0.3) is 0 Å². The molecule has 1 aliphatic heterocycles. The number of aryl methyl sites for hydroxylation is 1. The van der Waals surface area contributed by atoms with E-state index in [0.29, 0.717) is 5.82 Å². The lowest BCUT2D eigenvalue weighted by Crippen LogP contribution is -2.27. The van der Waals surface area contributed by atoms with Gasteiger partial charge < -0.3 is 4.74 Å². The quantitative estimate of drug-likeness (QED) is 0.627. The van der Waals surface area contributed by atoms with Gasteiger partial charge in [0.05, 0.1) is 20.1 Å². The predicted octanol–water partition coefficient (Wildman–Crippen LogP) is -0.506. The number of rotatable bonds is 2. The van der Waals surface area contributed by atoms with Crippen LogP contribution < -0.4 is 9.64 Å². The zero-order chi connectivity index (χ0) is 11.7. The molecule has 16 heavy (non-hydrogen) atoms. The van der Waals surface area contributed by atoms with E-state index in [9.17, 15) is 9.59 Å². The molecule has 1 aromatic heterocycles. The Balaban J connectivity index is 2.36. The number of hydrogen-bond donors (Lipinski definition) is 0. The molecule has 1 amide bonds. The summed E-state index contributed by atoms with van der Waals surface area (Å²) in [4.78, 5) is 35.6. The summed E-state index contributed by atoms with van der Waals surface area (Å²) in [6.45, 7) is 1.68. The van der Waals surface area contributed by atoms with Crippen LogP contribution in [0, 0.1) is 6.92 Å². The molecule has 0 atom stereocenters. The van der Waals surface area contributed by atoms with Crippen LogP contribution >= 0.6 is 0 Å². The number of anilines is 1. The first-order chi connectivity index (χ1) is 7.60. The van der Waals surface area contributed by atoms with Crippen molar-refractivity contribution in [3.63, 3.8) is 0 Å². The maximum absolute atomic E-state index is 11.5. The van der Waals surface area contributed by atoms with E-state index in [-0.39, 0.29) is 36.6 Å². The van der Waals surface area contributed by atoms with E-state index in [4.69, 9.17) is 4.74 Å². The Bertz CT molecular complexity index is 460. The minimum Gasteiger partial charge on any atom is -0.467 e. The molecule has 7 heteroatoms. The van der Waals surface area contributed by atoms with Gasteiger partial charge in [0.2, 0.25) is 11.9 Å². The second-order valence-corrected chi connectivity index (χ2v) is 3.36. The van der Waals surface area contributed by atoms with Crippen LogP contribution in [-0.4, -0.2) is 40.3 Å². The van der Waals surface area contributed by atoms with E-state index in [0.717, 1.165) is 0 Å². The number of ether oxygens (including phenoxy) is 1. The molecule has 1 fully saturated rings. The number of ketones is 1. The summed E-state index contributed by atoms with van der Waals surface area (Å²) in [6.07, 6.45) is -0.0902. The van der Waals surface area contributed by atoms with Crippen molar-refractivity contribution in [2.45, 2.75) is 13.3 Å². The van der Waals surface area contributed by atoms with Crippen LogP contribution in [-0.2, 0) is 9.59 Å². The molecule has 1 aromatic rings. The second kappa shape index (κ2) is 3.84. The van der Waals surface area contributed by atoms with Crippen LogP contribution in [0.15, 0.2) is 0 Å². The van der Waals surface area contributed by atoms with E-state index in [1.54, 1.807) is 6.92 Å². The van der Waals surface area contributed by atoms with Gasteiger partial charge in [-0.05, 0) is 6.92 Å². The Labute approximate surface area is 91.5 Å². The highest BCUT2D eigenvalue weighted by Crippen LogP contribution is 2.16. The Morgan fingerprint density at radius 2 is 2.00 bits per heavy atom. The van der Waals surface area contributed by atoms with Crippen molar-refractivity contribution < 1.29 is 14.3 Å². The number of hydrogen-bond acceptors (Lipinski definition) is 6. The number of nitrogens with zero attached hydrogens (tertiary/aromatic N) is 4.